The molecule has 0 aromatic carbocycles. The molecule has 1 rings (SSSR count). The van der Waals surface area contributed by atoms with Gasteiger partial charge in [0.1, 0.15) is 6.17 Å². The molecule has 7 heavy (non-hydrogen) atoms. The first-order chi connectivity index (χ1) is 3.30. The van der Waals surface area contributed by atoms with Crippen LogP contribution in [0, 0.1) is 5.92 Å². The van der Waals surface area contributed by atoms with Crippen LogP contribution in [-0.4, -0.2) is 19.4 Å². The molecule has 2 atom stereocenters. The van der Waals surface area contributed by atoms with Gasteiger partial charge in [-0.1, -0.05) is 6.92 Å². The Bertz CT molecular complexity index is 57.1. The SMILES string of the molecule is C[C@H]1COC[C@H]1F. The Morgan fingerprint density at radius 2 is 2.29 bits per heavy atom. The fourth-order valence-corrected chi connectivity index (χ4v) is 0.635. The van der Waals surface area contributed by atoms with E-state index in [1.54, 1.807) is 0 Å². The maximum absolute atomic E-state index is 12.2. The van der Waals surface area contributed by atoms with Crippen molar-refractivity contribution >= 4 is 0 Å². The number of alkyl halides is 1. The van der Waals surface area contributed by atoms with Crippen LogP contribution in [0.4, 0.5) is 4.39 Å². The quantitative estimate of drug-likeness (QED) is 0.445. The van der Waals surface area contributed by atoms with Crippen molar-refractivity contribution in [3.63, 3.8) is 0 Å². The van der Waals surface area contributed by atoms with Crippen LogP contribution in [0.15, 0.2) is 0 Å². The molecular weight excluding hydrogens is 95.1 g/mol. The van der Waals surface area contributed by atoms with Crippen molar-refractivity contribution in [1.29, 1.82) is 0 Å². The molecule has 0 aromatic heterocycles. The lowest BCUT2D eigenvalue weighted by Crippen LogP contribution is -2.07. The zero-order chi connectivity index (χ0) is 5.28. The van der Waals surface area contributed by atoms with Crippen LogP contribution < -0.4 is 0 Å². The van der Waals surface area contributed by atoms with Gasteiger partial charge in [0.15, 0.2) is 0 Å². The Morgan fingerprint density at radius 1 is 1.57 bits per heavy atom. The summed E-state index contributed by atoms with van der Waals surface area (Å²) >= 11 is 0. The van der Waals surface area contributed by atoms with Crippen LogP contribution in [0.2, 0.25) is 0 Å². The molecule has 0 radical (unpaired) electrons. The van der Waals surface area contributed by atoms with Gasteiger partial charge in [-0.05, 0) is 0 Å². The lowest BCUT2D eigenvalue weighted by atomic mass is 10.1. The predicted molar refractivity (Wildman–Crippen MR) is 24.9 cm³/mol. The normalized spacial score (nSPS) is 42.0. The van der Waals surface area contributed by atoms with Crippen molar-refractivity contribution in [1.82, 2.24) is 0 Å². The highest BCUT2D eigenvalue weighted by Crippen LogP contribution is 2.14. The van der Waals surface area contributed by atoms with Crippen molar-refractivity contribution in [2.45, 2.75) is 13.1 Å². The van der Waals surface area contributed by atoms with Gasteiger partial charge in [0, 0.05) is 5.92 Å². The average molecular weight is 104 g/mol. The van der Waals surface area contributed by atoms with Gasteiger partial charge in [0.2, 0.25) is 0 Å². The van der Waals surface area contributed by atoms with E-state index in [2.05, 4.69) is 0 Å². The largest absolute Gasteiger partial charge is 0.378 e. The van der Waals surface area contributed by atoms with Gasteiger partial charge in [0.25, 0.3) is 0 Å². The first-order valence-corrected chi connectivity index (χ1v) is 2.52. The summed E-state index contributed by atoms with van der Waals surface area (Å²) in [7, 11) is 0. The third-order valence-electron chi connectivity index (χ3n) is 1.28. The topological polar surface area (TPSA) is 9.23 Å². The minimum Gasteiger partial charge on any atom is -0.378 e. The monoisotopic (exact) mass is 104 g/mol. The van der Waals surface area contributed by atoms with E-state index < -0.39 is 6.17 Å². The van der Waals surface area contributed by atoms with Crippen molar-refractivity contribution < 1.29 is 9.13 Å². The van der Waals surface area contributed by atoms with Crippen LogP contribution in [0.5, 0.6) is 0 Å². The van der Waals surface area contributed by atoms with Crippen LogP contribution in [0.1, 0.15) is 6.92 Å². The van der Waals surface area contributed by atoms with Gasteiger partial charge in [-0.3, -0.25) is 0 Å². The lowest BCUT2D eigenvalue weighted by molar-refractivity contribution is 0.172. The maximum atomic E-state index is 12.2. The molecule has 1 nitrogen and oxygen atoms in total. The molecule has 0 spiro atoms. The molecule has 1 fully saturated rings. The molecule has 2 heteroatoms. The summed E-state index contributed by atoms with van der Waals surface area (Å²) in [6.45, 7) is 2.76. The van der Waals surface area contributed by atoms with Crippen molar-refractivity contribution in [2.75, 3.05) is 13.2 Å². The Morgan fingerprint density at radius 3 is 2.43 bits per heavy atom. The Kier molecular flexibility index (Phi) is 1.28. The predicted octanol–water partition coefficient (Wildman–Crippen LogP) is 0.991. The van der Waals surface area contributed by atoms with Crippen LogP contribution in [0.25, 0.3) is 0 Å². The fourth-order valence-electron chi connectivity index (χ4n) is 0.635. The molecular formula is C5H9FO. The van der Waals surface area contributed by atoms with Gasteiger partial charge in [-0.2, -0.15) is 0 Å². The molecule has 1 aliphatic heterocycles. The zero-order valence-corrected chi connectivity index (χ0v) is 4.36. The number of hydrogen-bond donors (Lipinski definition) is 0. The summed E-state index contributed by atoms with van der Waals surface area (Å²) in [4.78, 5) is 0. The van der Waals surface area contributed by atoms with Crippen LogP contribution in [-0.2, 0) is 4.74 Å². The second-order valence-corrected chi connectivity index (χ2v) is 2.03. The summed E-state index contributed by atoms with van der Waals surface area (Å²) in [5.41, 5.74) is 0. The average Bonchev–Trinajstić information content (AvgIpc) is 1.91. The van der Waals surface area contributed by atoms with E-state index in [1.807, 2.05) is 6.92 Å². The van der Waals surface area contributed by atoms with Crippen molar-refractivity contribution in [3.05, 3.63) is 0 Å². The third-order valence-corrected chi connectivity index (χ3v) is 1.28. The number of ether oxygens (including phenoxy) is 1. The molecule has 0 aliphatic carbocycles. The Balaban J connectivity index is 2.33. The maximum Gasteiger partial charge on any atom is 0.128 e. The molecule has 42 valence electrons. The van der Waals surface area contributed by atoms with E-state index in [-0.39, 0.29) is 5.92 Å². The highest BCUT2D eigenvalue weighted by molar-refractivity contribution is 4.68. The highest BCUT2D eigenvalue weighted by atomic mass is 19.1. The molecule has 1 aliphatic rings. The number of hydrogen-bond acceptors (Lipinski definition) is 1. The first kappa shape index (κ1) is 5.04. The van der Waals surface area contributed by atoms with Gasteiger partial charge < -0.3 is 4.74 Å². The van der Waals surface area contributed by atoms with E-state index in [4.69, 9.17) is 4.74 Å². The molecule has 0 amide bonds. The smallest absolute Gasteiger partial charge is 0.128 e. The molecule has 1 saturated heterocycles. The van der Waals surface area contributed by atoms with Gasteiger partial charge in [-0.15, -0.1) is 0 Å². The van der Waals surface area contributed by atoms with Gasteiger partial charge in [-0.25, -0.2) is 4.39 Å². The van der Waals surface area contributed by atoms with Crippen LogP contribution in [0.3, 0.4) is 0 Å². The minimum atomic E-state index is -0.708. The second-order valence-electron chi connectivity index (χ2n) is 2.03. The van der Waals surface area contributed by atoms with Crippen molar-refractivity contribution in [3.8, 4) is 0 Å². The van der Waals surface area contributed by atoms with E-state index in [9.17, 15) is 4.39 Å². The molecule has 0 unspecified atom stereocenters. The Labute approximate surface area is 42.5 Å². The summed E-state index contributed by atoms with van der Waals surface area (Å²) in [5, 5.41) is 0. The van der Waals surface area contributed by atoms with Gasteiger partial charge >= 0.3 is 0 Å². The molecule has 1 heterocycles. The summed E-state index contributed by atoms with van der Waals surface area (Å²) in [6, 6.07) is 0. The van der Waals surface area contributed by atoms with E-state index in [0.717, 1.165) is 0 Å². The fraction of sp³-hybridized carbons (Fsp3) is 1.00. The molecule has 0 aromatic rings. The highest BCUT2D eigenvalue weighted by Gasteiger charge is 2.22. The summed E-state index contributed by atoms with van der Waals surface area (Å²) < 4.78 is 17.0. The van der Waals surface area contributed by atoms with Crippen LogP contribution >= 0.6 is 0 Å². The molecule has 0 N–H and O–H groups in total. The summed E-state index contributed by atoms with van der Waals surface area (Å²) in [5.74, 6) is 0.125. The third kappa shape index (κ3) is 0.911. The minimum absolute atomic E-state index is 0.125. The second kappa shape index (κ2) is 1.78. The first-order valence-electron chi connectivity index (χ1n) is 2.52. The van der Waals surface area contributed by atoms with E-state index >= 15 is 0 Å². The number of rotatable bonds is 0. The van der Waals surface area contributed by atoms with Gasteiger partial charge in [0.05, 0.1) is 13.2 Å². The summed E-state index contributed by atoms with van der Waals surface area (Å²) in [6.07, 6.45) is -0.708. The zero-order valence-electron chi connectivity index (χ0n) is 4.36. The van der Waals surface area contributed by atoms with E-state index in [0.29, 0.717) is 13.2 Å². The number of halogens is 1. The molecule has 0 bridgehead atoms. The standard InChI is InChI=1S/C5H9FO/c1-4-2-7-3-5(4)6/h4-5H,2-3H2,1H3/t4-,5+/m0/s1. The lowest BCUT2D eigenvalue weighted by Gasteiger charge is -1.97. The molecule has 0 saturated carbocycles. The van der Waals surface area contributed by atoms with Crippen molar-refractivity contribution in [2.24, 2.45) is 5.92 Å². The van der Waals surface area contributed by atoms with E-state index in [1.165, 1.54) is 0 Å². The Hall–Kier alpha value is -0.110.